The first-order valence-electron chi connectivity index (χ1n) is 6.65. The molecule has 1 fully saturated rings. The maximum atomic E-state index is 12.4. The van der Waals surface area contributed by atoms with Crippen molar-refractivity contribution >= 4 is 29.2 Å². The summed E-state index contributed by atoms with van der Waals surface area (Å²) in [5.41, 5.74) is 0.517. The Morgan fingerprint density at radius 2 is 2.10 bits per heavy atom. The lowest BCUT2D eigenvalue weighted by Crippen LogP contribution is -2.46. The minimum Gasteiger partial charge on any atom is -0.480 e. The lowest BCUT2D eigenvalue weighted by molar-refractivity contribution is -0.136. The second-order valence-corrected chi connectivity index (χ2v) is 5.22. The molecule has 2 rings (SSSR count). The van der Waals surface area contributed by atoms with Gasteiger partial charge in [0.25, 0.3) is 0 Å². The third-order valence-corrected chi connectivity index (χ3v) is 3.40. The second-order valence-electron chi connectivity index (χ2n) is 4.78. The molecule has 1 aromatic rings. The third-order valence-electron chi connectivity index (χ3n) is 3.15. The van der Waals surface area contributed by atoms with Crippen molar-refractivity contribution in [2.24, 2.45) is 0 Å². The molecule has 1 amide bonds. The Hall–Kier alpha value is -1.63. The van der Waals surface area contributed by atoms with Crippen molar-refractivity contribution in [2.75, 3.05) is 31.2 Å². The Morgan fingerprint density at radius 3 is 2.67 bits per heavy atom. The number of hydrogen-bond donors (Lipinski definition) is 2. The van der Waals surface area contributed by atoms with Crippen molar-refractivity contribution in [2.45, 2.75) is 12.5 Å². The van der Waals surface area contributed by atoms with Crippen molar-refractivity contribution in [3.8, 4) is 0 Å². The van der Waals surface area contributed by atoms with Gasteiger partial charge in [-0.15, -0.1) is 0 Å². The topological polar surface area (TPSA) is 78.9 Å². The summed E-state index contributed by atoms with van der Waals surface area (Å²) in [5.74, 6) is -1.33. The van der Waals surface area contributed by atoms with E-state index in [0.29, 0.717) is 30.5 Å². The van der Waals surface area contributed by atoms with Crippen LogP contribution in [0.1, 0.15) is 6.42 Å². The van der Waals surface area contributed by atoms with Gasteiger partial charge in [0.2, 0.25) is 5.91 Å². The van der Waals surface area contributed by atoms with Crippen molar-refractivity contribution in [1.29, 1.82) is 0 Å². The smallest absolute Gasteiger partial charge is 0.323 e. The summed E-state index contributed by atoms with van der Waals surface area (Å²) in [6.45, 7) is 1.39. The lowest BCUT2D eigenvalue weighted by Gasteiger charge is -2.27. The summed E-state index contributed by atoms with van der Waals surface area (Å²) < 4.78 is 5.30. The summed E-state index contributed by atoms with van der Waals surface area (Å²) in [5, 5.41) is 12.7. The fraction of sp³-hybridized carbons (Fsp3) is 0.429. The first-order valence-corrected chi connectivity index (χ1v) is 7.03. The number of amides is 1. The third kappa shape index (κ3) is 4.70. The summed E-state index contributed by atoms with van der Waals surface area (Å²) in [6, 6.07) is 6.43. The maximum Gasteiger partial charge on any atom is 0.323 e. The van der Waals surface area contributed by atoms with Crippen LogP contribution in [0.4, 0.5) is 5.69 Å². The predicted molar refractivity (Wildman–Crippen MR) is 78.7 cm³/mol. The Bertz CT molecular complexity index is 500. The highest BCUT2D eigenvalue weighted by Gasteiger charge is 2.23. The Balaban J connectivity index is 2.08. The monoisotopic (exact) mass is 312 g/mol. The number of carboxylic acids is 1. The molecule has 114 valence electrons. The van der Waals surface area contributed by atoms with Crippen molar-refractivity contribution in [3.63, 3.8) is 0 Å². The standard InChI is InChI=1S/C14H17ClN2O4/c15-10-1-3-12(4-2-10)17(8-14(19)20)13(18)7-11-9-21-6-5-16-11/h1-4,11,16H,5-9H2,(H,19,20). The van der Waals surface area contributed by atoms with Gasteiger partial charge in [0.15, 0.2) is 0 Å². The number of nitrogens with zero attached hydrogens (tertiary/aromatic N) is 1. The molecule has 1 aromatic carbocycles. The van der Waals surface area contributed by atoms with Crippen LogP contribution >= 0.6 is 11.6 Å². The molecular weight excluding hydrogens is 296 g/mol. The van der Waals surface area contributed by atoms with Gasteiger partial charge < -0.3 is 20.1 Å². The number of carbonyl (C=O) groups is 2. The molecule has 0 aliphatic carbocycles. The van der Waals surface area contributed by atoms with E-state index in [0.717, 1.165) is 0 Å². The van der Waals surface area contributed by atoms with E-state index in [2.05, 4.69) is 5.32 Å². The highest BCUT2D eigenvalue weighted by molar-refractivity contribution is 6.30. The minimum absolute atomic E-state index is 0.0881. The van der Waals surface area contributed by atoms with E-state index in [-0.39, 0.29) is 24.9 Å². The van der Waals surface area contributed by atoms with E-state index in [1.165, 1.54) is 4.90 Å². The molecule has 0 radical (unpaired) electrons. The quantitative estimate of drug-likeness (QED) is 0.852. The normalized spacial score (nSPS) is 18.2. The molecule has 0 aromatic heterocycles. The van der Waals surface area contributed by atoms with Crippen LogP contribution in [0.5, 0.6) is 0 Å². The Kier molecular flexibility index (Phi) is 5.55. The van der Waals surface area contributed by atoms with E-state index in [4.69, 9.17) is 21.4 Å². The number of anilines is 1. The molecule has 1 atom stereocenters. The fourth-order valence-corrected chi connectivity index (χ4v) is 2.28. The van der Waals surface area contributed by atoms with Crippen LogP contribution in [0.25, 0.3) is 0 Å². The molecule has 1 aliphatic heterocycles. The summed E-state index contributed by atoms with van der Waals surface area (Å²) in [4.78, 5) is 24.6. The average molecular weight is 313 g/mol. The van der Waals surface area contributed by atoms with Gasteiger partial charge in [-0.3, -0.25) is 9.59 Å². The number of aliphatic carboxylic acids is 1. The molecule has 7 heteroatoms. The average Bonchev–Trinajstić information content (AvgIpc) is 2.46. The van der Waals surface area contributed by atoms with Crippen LogP contribution in [0.2, 0.25) is 5.02 Å². The Morgan fingerprint density at radius 1 is 1.38 bits per heavy atom. The molecule has 2 N–H and O–H groups in total. The first-order chi connectivity index (χ1) is 10.1. The number of benzene rings is 1. The number of carboxylic acid groups (broad SMARTS) is 1. The number of ether oxygens (including phenoxy) is 1. The van der Waals surface area contributed by atoms with Crippen molar-refractivity contribution < 1.29 is 19.4 Å². The van der Waals surface area contributed by atoms with Gasteiger partial charge in [-0.05, 0) is 24.3 Å². The van der Waals surface area contributed by atoms with E-state index in [1.807, 2.05) is 0 Å². The molecular formula is C14H17ClN2O4. The zero-order valence-electron chi connectivity index (χ0n) is 11.4. The van der Waals surface area contributed by atoms with Gasteiger partial charge in [0.1, 0.15) is 6.54 Å². The van der Waals surface area contributed by atoms with Gasteiger partial charge in [0, 0.05) is 29.7 Å². The van der Waals surface area contributed by atoms with E-state index < -0.39 is 5.97 Å². The molecule has 1 aliphatic rings. The van der Waals surface area contributed by atoms with Crippen LogP contribution in [0.3, 0.4) is 0 Å². The van der Waals surface area contributed by atoms with E-state index in [9.17, 15) is 9.59 Å². The van der Waals surface area contributed by atoms with E-state index in [1.54, 1.807) is 24.3 Å². The second kappa shape index (κ2) is 7.40. The van der Waals surface area contributed by atoms with Gasteiger partial charge in [-0.2, -0.15) is 0 Å². The SMILES string of the molecule is O=C(O)CN(C(=O)CC1COCCN1)c1ccc(Cl)cc1. The predicted octanol–water partition coefficient (Wildman–Crippen LogP) is 1.14. The highest BCUT2D eigenvalue weighted by Crippen LogP contribution is 2.19. The van der Waals surface area contributed by atoms with Crippen LogP contribution in [-0.4, -0.2) is 49.3 Å². The summed E-state index contributed by atoms with van der Waals surface area (Å²) >= 11 is 5.81. The molecule has 1 unspecified atom stereocenters. The van der Waals surface area contributed by atoms with Crippen molar-refractivity contribution in [1.82, 2.24) is 5.32 Å². The summed E-state index contributed by atoms with van der Waals surface area (Å²) in [7, 11) is 0. The first kappa shape index (κ1) is 15.8. The number of nitrogens with one attached hydrogen (secondary N) is 1. The lowest BCUT2D eigenvalue weighted by atomic mass is 10.1. The van der Waals surface area contributed by atoms with Crippen molar-refractivity contribution in [3.05, 3.63) is 29.3 Å². The van der Waals surface area contributed by atoms with Gasteiger partial charge >= 0.3 is 5.97 Å². The summed E-state index contributed by atoms with van der Waals surface area (Å²) in [6.07, 6.45) is 0.190. The number of halogens is 1. The van der Waals surface area contributed by atoms with E-state index >= 15 is 0 Å². The number of carbonyl (C=O) groups excluding carboxylic acids is 1. The minimum atomic E-state index is -1.06. The van der Waals surface area contributed by atoms with Crippen LogP contribution < -0.4 is 10.2 Å². The fourth-order valence-electron chi connectivity index (χ4n) is 2.15. The molecule has 6 nitrogen and oxygen atoms in total. The van der Waals surface area contributed by atoms with Crippen LogP contribution in [-0.2, 0) is 14.3 Å². The molecule has 0 spiro atoms. The zero-order chi connectivity index (χ0) is 15.2. The number of hydrogen-bond acceptors (Lipinski definition) is 4. The van der Waals surface area contributed by atoms with Gasteiger partial charge in [0.05, 0.1) is 13.2 Å². The van der Waals surface area contributed by atoms with Gasteiger partial charge in [-0.1, -0.05) is 11.6 Å². The van der Waals surface area contributed by atoms with Crippen LogP contribution in [0, 0.1) is 0 Å². The van der Waals surface area contributed by atoms with Gasteiger partial charge in [-0.25, -0.2) is 0 Å². The number of rotatable bonds is 5. The molecule has 1 heterocycles. The Labute approximate surface area is 127 Å². The molecule has 21 heavy (non-hydrogen) atoms. The molecule has 1 saturated heterocycles. The highest BCUT2D eigenvalue weighted by atomic mass is 35.5. The molecule has 0 bridgehead atoms. The molecule has 0 saturated carbocycles. The number of morpholine rings is 1. The maximum absolute atomic E-state index is 12.4. The van der Waals surface area contributed by atoms with Crippen LogP contribution in [0.15, 0.2) is 24.3 Å². The zero-order valence-corrected chi connectivity index (χ0v) is 12.2. The largest absolute Gasteiger partial charge is 0.480 e.